The van der Waals surface area contributed by atoms with Gasteiger partial charge in [-0.15, -0.1) is 0 Å². The van der Waals surface area contributed by atoms with Gasteiger partial charge in [0.15, 0.2) is 17.9 Å². The highest BCUT2D eigenvalue weighted by atomic mass is 16.5. The third-order valence-corrected chi connectivity index (χ3v) is 1.88. The summed E-state index contributed by atoms with van der Waals surface area (Å²) >= 11 is 0. The van der Waals surface area contributed by atoms with Crippen molar-refractivity contribution in [1.82, 2.24) is 0 Å². The molecule has 0 rings (SSSR count). The van der Waals surface area contributed by atoms with Crippen molar-refractivity contribution >= 4 is 11.8 Å². The minimum atomic E-state index is -0.469. The number of Topliss-reactive ketones (excluding diaryl/α,β-unsaturated/α-hetero) is 1. The monoisotopic (exact) mass is 188 g/mol. The van der Waals surface area contributed by atoms with Crippen molar-refractivity contribution in [1.29, 1.82) is 0 Å². The topological polar surface area (TPSA) is 71.0 Å². The van der Waals surface area contributed by atoms with Gasteiger partial charge in [-0.2, -0.15) is 0 Å². The number of carbonyl (C=O) groups excluding carboxylic acids is 2. The lowest BCUT2D eigenvalue weighted by atomic mass is 9.97. The van der Waals surface area contributed by atoms with Crippen LogP contribution in [0.25, 0.3) is 0 Å². The molecule has 3 N–H and O–H groups in total. The van der Waals surface area contributed by atoms with E-state index in [2.05, 4.69) is 5.73 Å². The minimum absolute atomic E-state index is 0.0556. The van der Waals surface area contributed by atoms with Crippen molar-refractivity contribution in [3.8, 4) is 0 Å². The van der Waals surface area contributed by atoms with Crippen LogP contribution in [-0.2, 0) is 14.3 Å². The summed E-state index contributed by atoms with van der Waals surface area (Å²) in [4.78, 5) is 21.7. The molecule has 13 heavy (non-hydrogen) atoms. The first kappa shape index (κ1) is 12.1. The van der Waals surface area contributed by atoms with Gasteiger partial charge in [-0.3, -0.25) is 9.59 Å². The first-order valence-electron chi connectivity index (χ1n) is 4.37. The molecule has 0 fully saturated rings. The van der Waals surface area contributed by atoms with E-state index < -0.39 is 12.1 Å². The van der Waals surface area contributed by atoms with E-state index in [9.17, 15) is 9.59 Å². The smallest absolute Gasteiger partial charge is 0.303 e. The summed E-state index contributed by atoms with van der Waals surface area (Å²) in [6.45, 7) is 6.59. The number of hydrogen-bond donors (Lipinski definition) is 1. The zero-order valence-corrected chi connectivity index (χ0v) is 8.66. The molecule has 0 aromatic carbocycles. The molecule has 76 valence electrons. The first-order chi connectivity index (χ1) is 5.86. The van der Waals surface area contributed by atoms with Gasteiger partial charge in [0.25, 0.3) is 0 Å². The second kappa shape index (κ2) is 4.97. The summed E-state index contributed by atoms with van der Waals surface area (Å²) in [5.41, 5.74) is 3.69. The Hall–Kier alpha value is -0.900. The zero-order chi connectivity index (χ0) is 10.6. The van der Waals surface area contributed by atoms with Crippen LogP contribution in [-0.4, -0.2) is 23.9 Å². The number of quaternary nitrogens is 1. The zero-order valence-electron chi connectivity index (χ0n) is 8.66. The molecule has 0 saturated carbocycles. The molecule has 0 heterocycles. The highest BCUT2D eigenvalue weighted by Crippen LogP contribution is 2.09. The van der Waals surface area contributed by atoms with E-state index in [1.54, 1.807) is 0 Å². The van der Waals surface area contributed by atoms with Crippen LogP contribution in [0.1, 0.15) is 27.7 Å². The Morgan fingerprint density at radius 2 is 1.69 bits per heavy atom. The van der Waals surface area contributed by atoms with Gasteiger partial charge >= 0.3 is 5.97 Å². The number of ether oxygens (including phenoxy) is 1. The van der Waals surface area contributed by atoms with Crippen LogP contribution in [0.4, 0.5) is 0 Å². The maximum Gasteiger partial charge on any atom is 0.303 e. The molecule has 0 bridgehead atoms. The molecule has 4 heteroatoms. The number of ketones is 1. The van der Waals surface area contributed by atoms with Crippen LogP contribution >= 0.6 is 0 Å². The second-order valence-corrected chi connectivity index (χ2v) is 3.54. The first-order valence-corrected chi connectivity index (χ1v) is 4.37. The molecule has 0 aliphatic carbocycles. The van der Waals surface area contributed by atoms with Gasteiger partial charge in [0.2, 0.25) is 0 Å². The van der Waals surface area contributed by atoms with Gasteiger partial charge < -0.3 is 10.5 Å². The number of rotatable bonds is 4. The van der Waals surface area contributed by atoms with Crippen LogP contribution in [0, 0.1) is 5.92 Å². The van der Waals surface area contributed by atoms with Gasteiger partial charge in [0, 0.05) is 13.8 Å². The maximum atomic E-state index is 11.0. The minimum Gasteiger partial charge on any atom is -0.455 e. The average molecular weight is 188 g/mol. The lowest BCUT2D eigenvalue weighted by molar-refractivity contribution is -0.422. The van der Waals surface area contributed by atoms with Crippen molar-refractivity contribution in [2.24, 2.45) is 5.92 Å². The average Bonchev–Trinajstić information content (AvgIpc) is 1.97. The predicted octanol–water partition coefficient (Wildman–Crippen LogP) is -0.226. The molecular weight excluding hydrogens is 170 g/mol. The van der Waals surface area contributed by atoms with Crippen LogP contribution in [0.15, 0.2) is 0 Å². The van der Waals surface area contributed by atoms with Crippen LogP contribution in [0.5, 0.6) is 0 Å². The molecule has 0 aliphatic rings. The highest BCUT2D eigenvalue weighted by Gasteiger charge is 2.30. The molecule has 0 spiro atoms. The molecule has 2 unspecified atom stereocenters. The quantitative estimate of drug-likeness (QED) is 0.620. The Morgan fingerprint density at radius 3 is 1.92 bits per heavy atom. The van der Waals surface area contributed by atoms with Crippen molar-refractivity contribution in [3.05, 3.63) is 0 Å². The van der Waals surface area contributed by atoms with Gasteiger partial charge in [-0.05, 0) is 5.92 Å². The van der Waals surface area contributed by atoms with E-state index in [4.69, 9.17) is 4.74 Å². The van der Waals surface area contributed by atoms with Crippen LogP contribution in [0.2, 0.25) is 0 Å². The van der Waals surface area contributed by atoms with Gasteiger partial charge in [0.1, 0.15) is 0 Å². The molecule has 0 saturated heterocycles. The SMILES string of the molecule is CC(=O)OC(C(C)C)C([NH3+])C(C)=O. The van der Waals surface area contributed by atoms with Gasteiger partial charge in [0.05, 0.1) is 0 Å². The summed E-state index contributed by atoms with van der Waals surface area (Å²) in [6.07, 6.45) is -0.407. The van der Waals surface area contributed by atoms with Crippen LogP contribution < -0.4 is 5.73 Å². The Balaban J connectivity index is 4.41. The van der Waals surface area contributed by atoms with Crippen molar-refractivity contribution < 1.29 is 20.1 Å². The molecule has 4 nitrogen and oxygen atoms in total. The third kappa shape index (κ3) is 4.03. The molecule has 0 radical (unpaired) electrons. The standard InChI is InChI=1S/C9H17NO3/c1-5(2)9(13-7(4)12)8(10)6(3)11/h5,8-9H,10H2,1-4H3/p+1. The van der Waals surface area contributed by atoms with Crippen LogP contribution in [0.3, 0.4) is 0 Å². The Labute approximate surface area is 78.4 Å². The third-order valence-electron chi connectivity index (χ3n) is 1.88. The van der Waals surface area contributed by atoms with E-state index in [1.807, 2.05) is 13.8 Å². The Bertz CT molecular complexity index is 201. The fourth-order valence-electron chi connectivity index (χ4n) is 1.11. The van der Waals surface area contributed by atoms with Gasteiger partial charge in [-0.25, -0.2) is 0 Å². The Kier molecular flexibility index (Phi) is 4.62. The highest BCUT2D eigenvalue weighted by molar-refractivity contribution is 5.81. The van der Waals surface area contributed by atoms with Crippen molar-refractivity contribution in [2.75, 3.05) is 0 Å². The Morgan fingerprint density at radius 1 is 1.23 bits per heavy atom. The summed E-state index contributed by atoms with van der Waals surface area (Å²) < 4.78 is 5.01. The second-order valence-electron chi connectivity index (χ2n) is 3.54. The number of hydrogen-bond acceptors (Lipinski definition) is 3. The van der Waals surface area contributed by atoms with E-state index in [-0.39, 0.29) is 17.7 Å². The van der Waals surface area contributed by atoms with E-state index in [0.29, 0.717) is 0 Å². The van der Waals surface area contributed by atoms with Gasteiger partial charge in [-0.1, -0.05) is 13.8 Å². The van der Waals surface area contributed by atoms with Crippen molar-refractivity contribution in [2.45, 2.75) is 39.8 Å². The lowest BCUT2D eigenvalue weighted by Gasteiger charge is -2.22. The summed E-state index contributed by atoms with van der Waals surface area (Å²) in [5, 5.41) is 0. The molecular formula is C9H18NO3+. The molecule has 0 aromatic rings. The fourth-order valence-corrected chi connectivity index (χ4v) is 1.11. The summed E-state index contributed by atoms with van der Waals surface area (Å²) in [7, 11) is 0. The number of carbonyl (C=O) groups is 2. The summed E-state index contributed by atoms with van der Waals surface area (Å²) in [5.74, 6) is -0.316. The maximum absolute atomic E-state index is 11.0. The largest absolute Gasteiger partial charge is 0.455 e. The molecule has 2 atom stereocenters. The molecule has 0 aromatic heterocycles. The normalized spacial score (nSPS) is 15.2. The lowest BCUT2D eigenvalue weighted by Crippen LogP contribution is -2.71. The van der Waals surface area contributed by atoms with Crippen molar-refractivity contribution in [3.63, 3.8) is 0 Å². The van der Waals surface area contributed by atoms with E-state index in [1.165, 1.54) is 13.8 Å². The molecule has 0 aliphatic heterocycles. The number of esters is 1. The predicted molar refractivity (Wildman–Crippen MR) is 47.7 cm³/mol. The fraction of sp³-hybridized carbons (Fsp3) is 0.778. The summed E-state index contributed by atoms with van der Waals surface area (Å²) in [6, 6.07) is -0.469. The van der Waals surface area contributed by atoms with E-state index in [0.717, 1.165) is 0 Å². The molecule has 0 amide bonds. The van der Waals surface area contributed by atoms with E-state index >= 15 is 0 Å².